The summed E-state index contributed by atoms with van der Waals surface area (Å²) in [5, 5.41) is 4.02. The number of rotatable bonds is 6. The SMILES string of the molecule is Nc1cc(C(=O)NCC2CCN(Cc3cnc(-c4ccccn4)s3)CC2)c2nccn2c1N. The molecule has 9 nitrogen and oxygen atoms in total. The third-order valence-corrected chi connectivity index (χ3v) is 7.06. The molecule has 0 spiro atoms. The summed E-state index contributed by atoms with van der Waals surface area (Å²) >= 11 is 1.70. The van der Waals surface area contributed by atoms with Gasteiger partial charge in [-0.05, 0) is 50.0 Å². The zero-order valence-corrected chi connectivity index (χ0v) is 19.0. The van der Waals surface area contributed by atoms with Crippen molar-refractivity contribution in [2.75, 3.05) is 31.1 Å². The van der Waals surface area contributed by atoms with Gasteiger partial charge in [0, 0.05) is 42.8 Å². The Morgan fingerprint density at radius 1 is 1.15 bits per heavy atom. The van der Waals surface area contributed by atoms with Gasteiger partial charge < -0.3 is 16.8 Å². The van der Waals surface area contributed by atoms with Crippen LogP contribution in [0, 0.1) is 5.92 Å². The summed E-state index contributed by atoms with van der Waals surface area (Å²) in [6.07, 6.45) is 9.13. The molecule has 1 fully saturated rings. The number of nitrogens with two attached hydrogens (primary N) is 2. The molecule has 0 unspecified atom stereocenters. The number of imidazole rings is 1. The van der Waals surface area contributed by atoms with Crippen molar-refractivity contribution in [2.24, 2.45) is 5.92 Å². The summed E-state index contributed by atoms with van der Waals surface area (Å²) in [5.41, 5.74) is 14.2. The lowest BCUT2D eigenvalue weighted by molar-refractivity contribution is 0.0936. The van der Waals surface area contributed by atoms with Crippen LogP contribution in [-0.4, -0.2) is 49.8 Å². The number of hydrogen-bond acceptors (Lipinski definition) is 8. The topological polar surface area (TPSA) is 127 Å². The Morgan fingerprint density at radius 2 is 2.00 bits per heavy atom. The highest BCUT2D eigenvalue weighted by Crippen LogP contribution is 2.26. The van der Waals surface area contributed by atoms with Gasteiger partial charge in [0.25, 0.3) is 5.91 Å². The van der Waals surface area contributed by atoms with E-state index in [2.05, 4.69) is 25.2 Å². The zero-order valence-electron chi connectivity index (χ0n) is 18.1. The average molecular weight is 463 g/mol. The lowest BCUT2D eigenvalue weighted by atomic mass is 9.96. The van der Waals surface area contributed by atoms with Crippen molar-refractivity contribution in [1.82, 2.24) is 29.6 Å². The van der Waals surface area contributed by atoms with Crippen LogP contribution in [0.5, 0.6) is 0 Å². The second-order valence-electron chi connectivity index (χ2n) is 8.30. The van der Waals surface area contributed by atoms with Gasteiger partial charge in [0.05, 0.1) is 16.9 Å². The maximum Gasteiger partial charge on any atom is 0.255 e. The summed E-state index contributed by atoms with van der Waals surface area (Å²) in [7, 11) is 0. The number of nitrogens with zero attached hydrogens (tertiary/aromatic N) is 5. The van der Waals surface area contributed by atoms with Gasteiger partial charge in [-0.25, -0.2) is 9.97 Å². The number of nitrogen functional groups attached to an aromatic ring is 2. The fraction of sp³-hybridized carbons (Fsp3) is 0.304. The van der Waals surface area contributed by atoms with E-state index in [0.29, 0.717) is 35.2 Å². The Balaban J connectivity index is 1.13. The number of pyridine rings is 2. The molecule has 10 heteroatoms. The molecule has 0 aromatic carbocycles. The van der Waals surface area contributed by atoms with Gasteiger partial charge in [0.2, 0.25) is 0 Å². The van der Waals surface area contributed by atoms with Crippen molar-refractivity contribution in [1.29, 1.82) is 0 Å². The highest BCUT2D eigenvalue weighted by atomic mass is 32.1. The number of anilines is 2. The minimum atomic E-state index is -0.174. The molecule has 1 aliphatic heterocycles. The first-order valence-corrected chi connectivity index (χ1v) is 11.8. The van der Waals surface area contributed by atoms with Crippen LogP contribution in [0.1, 0.15) is 28.1 Å². The first kappa shape index (κ1) is 21.4. The van der Waals surface area contributed by atoms with Gasteiger partial charge in [-0.3, -0.25) is 19.1 Å². The maximum atomic E-state index is 12.8. The molecule has 5 rings (SSSR count). The summed E-state index contributed by atoms with van der Waals surface area (Å²) < 4.78 is 1.64. The minimum Gasteiger partial charge on any atom is -0.396 e. The third-order valence-electron chi connectivity index (χ3n) is 6.06. The molecule has 0 radical (unpaired) electrons. The van der Waals surface area contributed by atoms with E-state index >= 15 is 0 Å². The van der Waals surface area contributed by atoms with Crippen molar-refractivity contribution in [3.05, 3.63) is 59.5 Å². The Bertz CT molecular complexity index is 1260. The van der Waals surface area contributed by atoms with E-state index in [9.17, 15) is 4.79 Å². The van der Waals surface area contributed by atoms with Gasteiger partial charge >= 0.3 is 0 Å². The molecule has 5 N–H and O–H groups in total. The Morgan fingerprint density at radius 3 is 2.79 bits per heavy atom. The molecule has 0 saturated carbocycles. The van der Waals surface area contributed by atoms with Crippen LogP contribution in [0.3, 0.4) is 0 Å². The standard InChI is InChI=1S/C23H26N8OS/c24-18-11-17(21-27-7-10-31(21)20(18)25)22(32)28-12-15-4-8-30(9-5-15)14-16-13-29-23(33-16)19-3-1-2-6-26-19/h1-3,6-7,10-11,13,15H,4-5,8-9,12,14,24-25H2,(H,28,32). The van der Waals surface area contributed by atoms with Gasteiger partial charge in [-0.2, -0.15) is 0 Å². The van der Waals surface area contributed by atoms with Gasteiger partial charge in [-0.15, -0.1) is 11.3 Å². The van der Waals surface area contributed by atoms with Gasteiger partial charge in [-0.1, -0.05) is 6.07 Å². The molecule has 170 valence electrons. The normalized spacial score (nSPS) is 15.2. The number of aromatic nitrogens is 4. The monoisotopic (exact) mass is 462 g/mol. The fourth-order valence-corrected chi connectivity index (χ4v) is 5.12. The van der Waals surface area contributed by atoms with Crippen molar-refractivity contribution in [3.8, 4) is 10.7 Å². The number of hydrogen-bond donors (Lipinski definition) is 3. The van der Waals surface area contributed by atoms with Crippen molar-refractivity contribution in [3.63, 3.8) is 0 Å². The molecule has 33 heavy (non-hydrogen) atoms. The van der Waals surface area contributed by atoms with E-state index in [1.807, 2.05) is 24.4 Å². The lowest BCUT2D eigenvalue weighted by Crippen LogP contribution is -2.38. The Hall–Kier alpha value is -3.50. The van der Waals surface area contributed by atoms with Crippen molar-refractivity contribution >= 4 is 34.4 Å². The number of thiazole rings is 1. The number of carbonyl (C=O) groups excluding carboxylic acids is 1. The molecule has 0 atom stereocenters. The van der Waals surface area contributed by atoms with E-state index in [4.69, 9.17) is 11.5 Å². The number of carbonyl (C=O) groups is 1. The second kappa shape index (κ2) is 9.16. The van der Waals surface area contributed by atoms with Crippen molar-refractivity contribution in [2.45, 2.75) is 19.4 Å². The number of amides is 1. The van der Waals surface area contributed by atoms with Gasteiger partial charge in [0.15, 0.2) is 5.65 Å². The van der Waals surface area contributed by atoms with Crippen LogP contribution >= 0.6 is 11.3 Å². The summed E-state index contributed by atoms with van der Waals surface area (Å²) in [5.74, 6) is 0.657. The van der Waals surface area contributed by atoms with E-state index < -0.39 is 0 Å². The molecule has 1 aliphatic rings. The molecular formula is C23H26N8OS. The maximum absolute atomic E-state index is 12.8. The molecule has 5 heterocycles. The first-order chi connectivity index (χ1) is 16.1. The van der Waals surface area contributed by atoms with Crippen LogP contribution in [0.2, 0.25) is 0 Å². The number of fused-ring (bicyclic) bond motifs is 1. The molecule has 4 aromatic rings. The van der Waals surface area contributed by atoms with Crippen LogP contribution in [-0.2, 0) is 6.54 Å². The lowest BCUT2D eigenvalue weighted by Gasteiger charge is -2.31. The number of nitrogens with one attached hydrogen (secondary N) is 1. The quantitative estimate of drug-likeness (QED) is 0.402. The summed E-state index contributed by atoms with van der Waals surface area (Å²) in [6.45, 7) is 3.52. The van der Waals surface area contributed by atoms with E-state index in [0.717, 1.165) is 43.2 Å². The summed E-state index contributed by atoms with van der Waals surface area (Å²) in [6, 6.07) is 7.48. The highest BCUT2D eigenvalue weighted by Gasteiger charge is 2.22. The second-order valence-corrected chi connectivity index (χ2v) is 9.41. The average Bonchev–Trinajstić information content (AvgIpc) is 3.52. The molecule has 0 bridgehead atoms. The molecular weight excluding hydrogens is 436 g/mol. The van der Waals surface area contributed by atoms with Gasteiger partial charge in [0.1, 0.15) is 10.8 Å². The Labute approximate surface area is 195 Å². The fourth-order valence-electron chi connectivity index (χ4n) is 4.19. The van der Waals surface area contributed by atoms with E-state index in [-0.39, 0.29) is 5.91 Å². The molecule has 4 aromatic heterocycles. The van der Waals surface area contributed by atoms with E-state index in [1.165, 1.54) is 4.88 Å². The first-order valence-electron chi connectivity index (χ1n) is 11.0. The minimum absolute atomic E-state index is 0.174. The van der Waals surface area contributed by atoms with Crippen LogP contribution in [0.25, 0.3) is 16.3 Å². The van der Waals surface area contributed by atoms with Crippen LogP contribution in [0.4, 0.5) is 11.5 Å². The van der Waals surface area contributed by atoms with E-state index in [1.54, 1.807) is 40.4 Å². The third kappa shape index (κ3) is 4.53. The molecule has 1 amide bonds. The predicted octanol–water partition coefficient (Wildman–Crippen LogP) is 2.66. The highest BCUT2D eigenvalue weighted by molar-refractivity contribution is 7.14. The Kier molecular flexibility index (Phi) is 5.93. The predicted molar refractivity (Wildman–Crippen MR) is 130 cm³/mol. The van der Waals surface area contributed by atoms with Crippen molar-refractivity contribution < 1.29 is 4.79 Å². The summed E-state index contributed by atoms with van der Waals surface area (Å²) in [4.78, 5) is 29.7. The van der Waals surface area contributed by atoms with Crippen LogP contribution in [0.15, 0.2) is 49.1 Å². The molecule has 1 saturated heterocycles. The largest absolute Gasteiger partial charge is 0.396 e. The zero-order chi connectivity index (χ0) is 22.8. The number of piperidine rings is 1. The smallest absolute Gasteiger partial charge is 0.255 e. The number of likely N-dealkylation sites (tertiary alicyclic amines) is 1. The van der Waals surface area contributed by atoms with Crippen LogP contribution < -0.4 is 16.8 Å². The molecule has 0 aliphatic carbocycles.